The lowest BCUT2D eigenvalue weighted by Gasteiger charge is -2.29. The van der Waals surface area contributed by atoms with Crippen LogP contribution in [0.3, 0.4) is 0 Å². The van der Waals surface area contributed by atoms with E-state index >= 15 is 0 Å². The minimum Gasteiger partial charge on any atom is -0.493 e. The third-order valence-electron chi connectivity index (χ3n) is 5.12. The van der Waals surface area contributed by atoms with Crippen LogP contribution < -0.4 is 19.9 Å². The van der Waals surface area contributed by atoms with E-state index in [0.717, 1.165) is 51.5 Å². The van der Waals surface area contributed by atoms with Gasteiger partial charge in [-0.3, -0.25) is 4.79 Å². The van der Waals surface area contributed by atoms with Crippen molar-refractivity contribution in [3.63, 3.8) is 0 Å². The minimum absolute atomic E-state index is 0.0596. The van der Waals surface area contributed by atoms with E-state index in [1.807, 2.05) is 12.1 Å². The van der Waals surface area contributed by atoms with E-state index in [9.17, 15) is 9.18 Å². The lowest BCUT2D eigenvalue weighted by molar-refractivity contribution is -1.01. The predicted octanol–water partition coefficient (Wildman–Crippen LogP) is 0.325. The number of rotatable bonds is 8. The first-order valence-electron chi connectivity index (χ1n) is 10.0. The van der Waals surface area contributed by atoms with E-state index in [1.54, 1.807) is 17.0 Å². The molecule has 0 radical (unpaired) electrons. The molecule has 0 aromatic heterocycles. The summed E-state index contributed by atoms with van der Waals surface area (Å²) in [5, 5.41) is 2.78. The number of quaternary nitrogens is 2. The Morgan fingerprint density at radius 2 is 1.82 bits per heavy atom. The number of anilines is 1. The number of carbonyl (C=O) groups is 1. The van der Waals surface area contributed by atoms with E-state index < -0.39 is 0 Å². The number of ether oxygens (including phenoxy) is 1. The molecule has 6 heteroatoms. The van der Waals surface area contributed by atoms with Gasteiger partial charge in [0.1, 0.15) is 37.7 Å². The molecular weight excluding hydrogens is 357 g/mol. The first-order valence-corrected chi connectivity index (χ1v) is 10.0. The van der Waals surface area contributed by atoms with Crippen molar-refractivity contribution >= 4 is 11.6 Å². The van der Waals surface area contributed by atoms with Gasteiger partial charge in [0, 0.05) is 12.1 Å². The van der Waals surface area contributed by atoms with Crippen LogP contribution in [0.5, 0.6) is 5.75 Å². The van der Waals surface area contributed by atoms with Gasteiger partial charge in [0.2, 0.25) is 0 Å². The van der Waals surface area contributed by atoms with E-state index in [4.69, 9.17) is 4.74 Å². The molecule has 0 spiro atoms. The van der Waals surface area contributed by atoms with Crippen LogP contribution in [-0.2, 0) is 4.79 Å². The third kappa shape index (κ3) is 6.62. The number of hydrogen-bond donors (Lipinski definition) is 3. The molecular formula is C22H30FN3O2+2. The molecule has 0 bridgehead atoms. The van der Waals surface area contributed by atoms with Gasteiger partial charge >= 0.3 is 0 Å². The average molecular weight is 387 g/mol. The van der Waals surface area contributed by atoms with Crippen molar-refractivity contribution in [2.75, 3.05) is 51.2 Å². The molecule has 0 aliphatic carbocycles. The van der Waals surface area contributed by atoms with Crippen LogP contribution in [0.2, 0.25) is 0 Å². The van der Waals surface area contributed by atoms with Crippen molar-refractivity contribution in [2.45, 2.75) is 13.3 Å². The number of piperazine rings is 1. The fourth-order valence-electron chi connectivity index (χ4n) is 3.60. The van der Waals surface area contributed by atoms with E-state index in [-0.39, 0.29) is 11.7 Å². The maximum Gasteiger partial charge on any atom is 0.279 e. The normalized spacial score (nSPS) is 19.2. The average Bonchev–Trinajstić information content (AvgIpc) is 2.66. The third-order valence-corrected chi connectivity index (χ3v) is 5.12. The lowest BCUT2D eigenvalue weighted by Crippen LogP contribution is -3.28. The highest BCUT2D eigenvalue weighted by Gasteiger charge is 2.24. The van der Waals surface area contributed by atoms with Crippen LogP contribution in [0.4, 0.5) is 10.1 Å². The fourth-order valence-corrected chi connectivity index (χ4v) is 3.60. The van der Waals surface area contributed by atoms with Gasteiger partial charge in [-0.2, -0.15) is 0 Å². The second-order valence-corrected chi connectivity index (χ2v) is 7.50. The Morgan fingerprint density at radius 3 is 2.57 bits per heavy atom. The molecule has 0 atom stereocenters. The summed E-state index contributed by atoms with van der Waals surface area (Å²) in [7, 11) is 0. The summed E-state index contributed by atoms with van der Waals surface area (Å²) >= 11 is 0. The standard InChI is InChI=1S/C22H28FN3O2/c1-18-5-2-8-21(15-18)28-14-4-9-25-10-12-26(13-11-25)17-22(27)24-20-7-3-6-19(23)16-20/h2-3,5-8,15-16H,4,9-14,17H2,1H3,(H,24,27)/p+2. The number of hydrogen-bond acceptors (Lipinski definition) is 2. The highest BCUT2D eigenvalue weighted by atomic mass is 19.1. The molecule has 150 valence electrons. The Balaban J connectivity index is 1.30. The maximum absolute atomic E-state index is 13.2. The van der Waals surface area contributed by atoms with Crippen LogP contribution in [0.25, 0.3) is 0 Å². The van der Waals surface area contributed by atoms with Crippen LogP contribution in [-0.4, -0.2) is 51.8 Å². The number of benzene rings is 2. The Morgan fingerprint density at radius 1 is 1.07 bits per heavy atom. The Kier molecular flexibility index (Phi) is 7.39. The number of halogens is 1. The van der Waals surface area contributed by atoms with Gasteiger partial charge in [0.25, 0.3) is 5.91 Å². The van der Waals surface area contributed by atoms with Crippen molar-refractivity contribution in [1.29, 1.82) is 0 Å². The molecule has 1 heterocycles. The molecule has 0 unspecified atom stereocenters. The van der Waals surface area contributed by atoms with Gasteiger partial charge in [-0.05, 0) is 42.8 Å². The molecule has 3 rings (SSSR count). The van der Waals surface area contributed by atoms with Gasteiger partial charge in [0.15, 0.2) is 6.54 Å². The van der Waals surface area contributed by atoms with Crippen molar-refractivity contribution in [3.8, 4) is 5.75 Å². The van der Waals surface area contributed by atoms with Crippen molar-refractivity contribution in [1.82, 2.24) is 0 Å². The van der Waals surface area contributed by atoms with Crippen LogP contribution in [0.15, 0.2) is 48.5 Å². The molecule has 28 heavy (non-hydrogen) atoms. The van der Waals surface area contributed by atoms with Gasteiger partial charge in [-0.15, -0.1) is 0 Å². The van der Waals surface area contributed by atoms with Gasteiger partial charge in [-0.25, -0.2) is 4.39 Å². The minimum atomic E-state index is -0.339. The fraction of sp³-hybridized carbons (Fsp3) is 0.409. The van der Waals surface area contributed by atoms with E-state index in [0.29, 0.717) is 12.2 Å². The van der Waals surface area contributed by atoms with Crippen molar-refractivity contribution in [3.05, 3.63) is 59.9 Å². The first-order chi connectivity index (χ1) is 13.6. The summed E-state index contributed by atoms with van der Waals surface area (Å²) in [4.78, 5) is 15.0. The zero-order valence-electron chi connectivity index (χ0n) is 16.5. The Hall–Kier alpha value is -2.44. The predicted molar refractivity (Wildman–Crippen MR) is 107 cm³/mol. The SMILES string of the molecule is Cc1cccc(OCCC[NH+]2CC[NH+](CC(=O)Nc3cccc(F)c3)CC2)c1. The number of nitrogens with one attached hydrogen (secondary N) is 3. The number of amides is 1. The molecule has 5 nitrogen and oxygen atoms in total. The summed E-state index contributed by atoms with van der Waals surface area (Å²) in [6, 6.07) is 14.2. The summed E-state index contributed by atoms with van der Waals surface area (Å²) in [5.41, 5.74) is 1.73. The molecule has 1 amide bonds. The lowest BCUT2D eigenvalue weighted by atomic mass is 10.2. The highest BCUT2D eigenvalue weighted by molar-refractivity contribution is 5.91. The van der Waals surface area contributed by atoms with Gasteiger partial charge in [0.05, 0.1) is 13.2 Å². The van der Waals surface area contributed by atoms with E-state index in [2.05, 4.69) is 24.4 Å². The molecule has 1 fully saturated rings. The second kappa shape index (κ2) is 10.2. The molecule has 2 aromatic carbocycles. The van der Waals surface area contributed by atoms with Crippen LogP contribution in [0, 0.1) is 12.7 Å². The van der Waals surface area contributed by atoms with Gasteiger partial charge in [-0.1, -0.05) is 18.2 Å². The number of carbonyl (C=O) groups excluding carboxylic acids is 1. The van der Waals surface area contributed by atoms with Crippen molar-refractivity contribution < 1.29 is 23.7 Å². The largest absolute Gasteiger partial charge is 0.493 e. The molecule has 1 saturated heterocycles. The second-order valence-electron chi connectivity index (χ2n) is 7.50. The molecule has 2 aromatic rings. The van der Waals surface area contributed by atoms with Crippen LogP contribution in [0.1, 0.15) is 12.0 Å². The summed E-state index contributed by atoms with van der Waals surface area (Å²) in [6.07, 6.45) is 1.03. The summed E-state index contributed by atoms with van der Waals surface area (Å²) in [6.45, 7) is 8.40. The zero-order chi connectivity index (χ0) is 19.8. The molecule has 3 N–H and O–H groups in total. The summed E-state index contributed by atoms with van der Waals surface area (Å²) < 4.78 is 19.0. The quantitative estimate of drug-likeness (QED) is 0.572. The van der Waals surface area contributed by atoms with Gasteiger partial charge < -0.3 is 19.9 Å². The van der Waals surface area contributed by atoms with Crippen LogP contribution >= 0.6 is 0 Å². The van der Waals surface area contributed by atoms with Crippen molar-refractivity contribution in [2.24, 2.45) is 0 Å². The Bertz CT molecular complexity index is 776. The maximum atomic E-state index is 13.2. The van der Waals surface area contributed by atoms with E-state index in [1.165, 1.54) is 22.6 Å². The Labute approximate surface area is 166 Å². The molecule has 0 saturated carbocycles. The zero-order valence-corrected chi connectivity index (χ0v) is 16.5. The molecule has 1 aliphatic rings. The first kappa shape index (κ1) is 20.3. The summed E-state index contributed by atoms with van der Waals surface area (Å²) in [5.74, 6) is 0.540. The topological polar surface area (TPSA) is 47.2 Å². The number of aryl methyl sites for hydroxylation is 1. The molecule has 1 aliphatic heterocycles. The smallest absolute Gasteiger partial charge is 0.279 e. The highest BCUT2D eigenvalue weighted by Crippen LogP contribution is 2.12. The monoisotopic (exact) mass is 387 g/mol.